The first-order valence-corrected chi connectivity index (χ1v) is 5.72. The second-order valence-electron chi connectivity index (χ2n) is 2.97. The predicted octanol–water partition coefficient (Wildman–Crippen LogP) is 1.98. The van der Waals surface area contributed by atoms with Crippen molar-refractivity contribution in [2.75, 3.05) is 6.61 Å². The molecule has 1 aliphatic rings. The number of ether oxygens (including phenoxy) is 1. The molecule has 4 nitrogen and oxygen atoms in total. The Balaban J connectivity index is 2.03. The molecule has 0 N–H and O–H groups in total. The Labute approximate surface area is 92.9 Å². The highest BCUT2D eigenvalue weighted by Crippen LogP contribution is 2.17. The van der Waals surface area contributed by atoms with Crippen LogP contribution in [0.1, 0.15) is 12.8 Å². The summed E-state index contributed by atoms with van der Waals surface area (Å²) in [6.07, 6.45) is 2.56. The van der Waals surface area contributed by atoms with Crippen LogP contribution < -0.4 is 0 Å². The van der Waals surface area contributed by atoms with Crippen molar-refractivity contribution in [3.63, 3.8) is 0 Å². The first-order valence-electron chi connectivity index (χ1n) is 4.13. The summed E-state index contributed by atoms with van der Waals surface area (Å²) in [5, 5.41) is 4.17. The van der Waals surface area contributed by atoms with E-state index in [0.29, 0.717) is 10.8 Å². The Morgan fingerprint density at radius 3 is 2.92 bits per heavy atom. The van der Waals surface area contributed by atoms with Crippen LogP contribution in [0, 0.1) is 0 Å². The molecule has 72 valence electrons. The van der Waals surface area contributed by atoms with Crippen LogP contribution in [0.2, 0.25) is 0 Å². The number of hydrogen-bond acceptors (Lipinski definition) is 3. The summed E-state index contributed by atoms with van der Waals surface area (Å²) in [7, 11) is 0. The van der Waals surface area contributed by atoms with Gasteiger partial charge in [0.25, 0.3) is 0 Å². The third kappa shape index (κ3) is 2.30. The van der Waals surface area contributed by atoms with E-state index in [1.54, 1.807) is 4.68 Å². The molecule has 0 amide bonds. The molecule has 1 fully saturated rings. The van der Waals surface area contributed by atoms with E-state index in [2.05, 4.69) is 41.9 Å². The van der Waals surface area contributed by atoms with Gasteiger partial charge in [-0.1, -0.05) is 0 Å². The van der Waals surface area contributed by atoms with Crippen LogP contribution in [0.3, 0.4) is 0 Å². The molecule has 1 aromatic heterocycles. The van der Waals surface area contributed by atoms with Crippen molar-refractivity contribution in [3.8, 4) is 0 Å². The maximum absolute atomic E-state index is 5.50. The normalized spacial score (nSPS) is 22.5. The van der Waals surface area contributed by atoms with Crippen molar-refractivity contribution in [3.05, 3.63) is 9.47 Å². The second-order valence-corrected chi connectivity index (χ2v) is 4.39. The van der Waals surface area contributed by atoms with Gasteiger partial charge in [-0.3, -0.25) is 0 Å². The molecule has 2 heterocycles. The van der Waals surface area contributed by atoms with Crippen molar-refractivity contribution >= 4 is 31.9 Å². The lowest BCUT2D eigenvalue weighted by Crippen LogP contribution is -2.16. The minimum Gasteiger partial charge on any atom is -0.376 e. The minimum atomic E-state index is 0.296. The van der Waals surface area contributed by atoms with E-state index < -0.39 is 0 Å². The zero-order chi connectivity index (χ0) is 9.26. The highest BCUT2D eigenvalue weighted by Gasteiger charge is 2.18. The highest BCUT2D eigenvalue weighted by atomic mass is 79.9. The van der Waals surface area contributed by atoms with Crippen molar-refractivity contribution in [2.24, 2.45) is 0 Å². The van der Waals surface area contributed by atoms with Crippen molar-refractivity contribution in [1.29, 1.82) is 0 Å². The number of nitrogens with zero attached hydrogens (tertiary/aromatic N) is 3. The molecule has 1 atom stereocenters. The molecular weight excluding hydrogens is 302 g/mol. The molecule has 0 aromatic carbocycles. The summed E-state index contributed by atoms with van der Waals surface area (Å²) in [6, 6.07) is 0. The predicted molar refractivity (Wildman–Crippen MR) is 54.4 cm³/mol. The summed E-state index contributed by atoms with van der Waals surface area (Å²) in [5.41, 5.74) is 0. The van der Waals surface area contributed by atoms with Crippen molar-refractivity contribution < 1.29 is 4.74 Å². The van der Waals surface area contributed by atoms with Gasteiger partial charge in [0, 0.05) is 6.61 Å². The van der Waals surface area contributed by atoms with E-state index in [-0.39, 0.29) is 0 Å². The summed E-state index contributed by atoms with van der Waals surface area (Å²) < 4.78 is 8.66. The number of aromatic nitrogens is 3. The van der Waals surface area contributed by atoms with Crippen LogP contribution in [0.25, 0.3) is 0 Å². The Bertz CT molecular complexity index is 296. The van der Waals surface area contributed by atoms with Crippen LogP contribution in [-0.4, -0.2) is 27.5 Å². The zero-order valence-electron chi connectivity index (χ0n) is 6.91. The topological polar surface area (TPSA) is 39.9 Å². The summed E-state index contributed by atoms with van der Waals surface area (Å²) >= 11 is 6.55. The molecule has 13 heavy (non-hydrogen) atoms. The number of halogens is 2. The summed E-state index contributed by atoms with van der Waals surface area (Å²) in [4.78, 5) is 4.08. The van der Waals surface area contributed by atoms with Crippen LogP contribution >= 0.6 is 31.9 Å². The Kier molecular flexibility index (Phi) is 3.00. The van der Waals surface area contributed by atoms with Gasteiger partial charge in [0.05, 0.1) is 12.6 Å². The van der Waals surface area contributed by atoms with Gasteiger partial charge < -0.3 is 4.74 Å². The smallest absolute Gasteiger partial charge is 0.218 e. The van der Waals surface area contributed by atoms with Gasteiger partial charge in [-0.25, -0.2) is 4.68 Å². The van der Waals surface area contributed by atoms with Crippen molar-refractivity contribution in [2.45, 2.75) is 25.5 Å². The van der Waals surface area contributed by atoms with Gasteiger partial charge in [0.2, 0.25) is 4.73 Å². The lowest BCUT2D eigenvalue weighted by Gasteiger charge is -2.08. The maximum atomic E-state index is 5.50. The van der Waals surface area contributed by atoms with Crippen LogP contribution in [0.15, 0.2) is 9.47 Å². The molecule has 0 unspecified atom stereocenters. The van der Waals surface area contributed by atoms with Gasteiger partial charge in [-0.15, -0.1) is 5.10 Å². The Morgan fingerprint density at radius 1 is 1.54 bits per heavy atom. The molecule has 0 aliphatic carbocycles. The largest absolute Gasteiger partial charge is 0.376 e. The molecule has 0 spiro atoms. The van der Waals surface area contributed by atoms with Gasteiger partial charge in [0.1, 0.15) is 0 Å². The van der Waals surface area contributed by atoms with Crippen LogP contribution in [-0.2, 0) is 11.3 Å². The van der Waals surface area contributed by atoms with Crippen molar-refractivity contribution in [1.82, 2.24) is 14.8 Å². The third-order valence-electron chi connectivity index (χ3n) is 2.00. The van der Waals surface area contributed by atoms with E-state index in [4.69, 9.17) is 4.74 Å². The lowest BCUT2D eigenvalue weighted by atomic mass is 10.2. The summed E-state index contributed by atoms with van der Waals surface area (Å²) in [5.74, 6) is 0. The zero-order valence-corrected chi connectivity index (χ0v) is 10.1. The highest BCUT2D eigenvalue weighted by molar-refractivity contribution is 9.11. The van der Waals surface area contributed by atoms with Crippen LogP contribution in [0.4, 0.5) is 0 Å². The average molecular weight is 311 g/mol. The molecule has 0 bridgehead atoms. The standard InChI is InChI=1S/C7H9Br2N3O/c8-6-10-7(9)12(11-6)4-5-2-1-3-13-5/h5H,1-4H2/t5-/m0/s1. The average Bonchev–Trinajstić information content (AvgIpc) is 2.63. The maximum Gasteiger partial charge on any atom is 0.218 e. The van der Waals surface area contributed by atoms with E-state index in [0.717, 1.165) is 30.7 Å². The second kappa shape index (κ2) is 4.06. The lowest BCUT2D eigenvalue weighted by molar-refractivity contribution is 0.0932. The Hall–Kier alpha value is 0.0600. The number of rotatable bonds is 2. The first-order chi connectivity index (χ1) is 6.25. The van der Waals surface area contributed by atoms with E-state index in [1.807, 2.05) is 0 Å². The first kappa shape index (κ1) is 9.61. The third-order valence-corrected chi connectivity index (χ3v) is 2.92. The van der Waals surface area contributed by atoms with Gasteiger partial charge >= 0.3 is 0 Å². The molecule has 1 aliphatic heterocycles. The fourth-order valence-corrected chi connectivity index (χ4v) is 2.38. The molecule has 1 aromatic rings. The fourth-order valence-electron chi connectivity index (χ4n) is 1.39. The molecule has 2 rings (SSSR count). The molecular formula is C7H9Br2N3O. The molecule has 0 radical (unpaired) electrons. The van der Waals surface area contributed by atoms with Gasteiger partial charge in [0.15, 0.2) is 4.73 Å². The fraction of sp³-hybridized carbons (Fsp3) is 0.714. The van der Waals surface area contributed by atoms with Gasteiger partial charge in [-0.2, -0.15) is 4.98 Å². The minimum absolute atomic E-state index is 0.296. The van der Waals surface area contributed by atoms with E-state index in [9.17, 15) is 0 Å². The monoisotopic (exact) mass is 309 g/mol. The quantitative estimate of drug-likeness (QED) is 0.838. The molecule has 1 saturated heterocycles. The molecule has 0 saturated carbocycles. The Morgan fingerprint density at radius 2 is 2.38 bits per heavy atom. The number of hydrogen-bond donors (Lipinski definition) is 0. The van der Waals surface area contributed by atoms with E-state index in [1.165, 1.54) is 0 Å². The van der Waals surface area contributed by atoms with Crippen LogP contribution in [0.5, 0.6) is 0 Å². The van der Waals surface area contributed by atoms with E-state index >= 15 is 0 Å². The summed E-state index contributed by atoms with van der Waals surface area (Å²) in [6.45, 7) is 1.65. The molecule has 6 heteroatoms. The van der Waals surface area contributed by atoms with Gasteiger partial charge in [-0.05, 0) is 44.7 Å². The SMILES string of the molecule is Brc1nc(Br)n(C[C@@H]2CCCO2)n1.